The van der Waals surface area contributed by atoms with Gasteiger partial charge < -0.3 is 24.4 Å². The number of piperidine rings is 1. The Morgan fingerprint density at radius 1 is 1.05 bits per heavy atom. The van der Waals surface area contributed by atoms with Gasteiger partial charge >= 0.3 is 0 Å². The van der Waals surface area contributed by atoms with Crippen molar-refractivity contribution in [2.75, 3.05) is 57.4 Å². The normalized spacial score (nSPS) is 20.6. The topological polar surface area (TPSA) is 141 Å². The van der Waals surface area contributed by atoms with Gasteiger partial charge in [-0.25, -0.2) is 8.42 Å². The number of fused-ring (bicyclic) bond motifs is 1. The Labute approximate surface area is 220 Å². The van der Waals surface area contributed by atoms with E-state index < -0.39 is 14.9 Å². The maximum absolute atomic E-state index is 13.0. The first-order valence-electron chi connectivity index (χ1n) is 12.6. The smallest absolute Gasteiger partial charge is 0.293 e. The number of anilines is 1. The van der Waals surface area contributed by atoms with Crippen LogP contribution < -0.4 is 19.7 Å². The van der Waals surface area contributed by atoms with Crippen molar-refractivity contribution in [3.8, 4) is 11.5 Å². The maximum atomic E-state index is 13.0. The van der Waals surface area contributed by atoms with Crippen LogP contribution in [0.4, 0.5) is 11.4 Å². The highest BCUT2D eigenvalue weighted by atomic mass is 32.2. The van der Waals surface area contributed by atoms with E-state index in [1.807, 2.05) is 29.2 Å². The minimum absolute atomic E-state index is 0.0893. The lowest BCUT2D eigenvalue weighted by molar-refractivity contribution is -0.384. The van der Waals surface area contributed by atoms with Gasteiger partial charge in [-0.05, 0) is 37.1 Å². The lowest BCUT2D eigenvalue weighted by Crippen LogP contribution is -2.45. The largest absolute Gasteiger partial charge is 0.486 e. The third-order valence-electron chi connectivity index (χ3n) is 7.03. The maximum Gasteiger partial charge on any atom is 0.293 e. The number of hydrogen-bond acceptors (Lipinski definition) is 9. The molecule has 38 heavy (non-hydrogen) atoms. The van der Waals surface area contributed by atoms with Gasteiger partial charge in [0.25, 0.3) is 5.69 Å². The van der Waals surface area contributed by atoms with E-state index in [-0.39, 0.29) is 54.8 Å². The fourth-order valence-corrected chi connectivity index (χ4v) is 6.35. The number of para-hydroxylation sites is 2. The molecule has 1 amide bonds. The first-order chi connectivity index (χ1) is 18.3. The number of nitrogens with one attached hydrogen (secondary N) is 1. The highest BCUT2D eigenvalue weighted by molar-refractivity contribution is 7.89. The fourth-order valence-electron chi connectivity index (χ4n) is 4.92. The molecule has 1 atom stereocenters. The Balaban J connectivity index is 1.18. The van der Waals surface area contributed by atoms with Crippen molar-refractivity contribution < 1.29 is 32.3 Å². The zero-order chi connectivity index (χ0) is 26.7. The number of hydrogen-bond donors (Lipinski definition) is 1. The monoisotopic (exact) mass is 546 g/mol. The molecule has 1 N–H and O–H groups in total. The Hall–Kier alpha value is -3.42. The average Bonchev–Trinajstić information content (AvgIpc) is 2.96. The SMILES string of the molecule is O=C(NC[C@@H]1COc2ccccc2O1)C1CCN(c2ccc(S(=O)(=O)N3CCOCC3)cc2[N+](=O)[O-])CC1. The van der Waals surface area contributed by atoms with E-state index in [4.69, 9.17) is 14.2 Å². The van der Waals surface area contributed by atoms with Crippen LogP contribution in [0, 0.1) is 16.0 Å². The molecule has 2 aromatic carbocycles. The molecule has 13 heteroatoms. The Bertz CT molecular complexity index is 1290. The van der Waals surface area contributed by atoms with Gasteiger partial charge in [0.2, 0.25) is 15.9 Å². The number of ether oxygens (including phenoxy) is 3. The van der Waals surface area contributed by atoms with Crippen molar-refractivity contribution in [2.45, 2.75) is 23.8 Å². The van der Waals surface area contributed by atoms with Crippen LogP contribution in [0.15, 0.2) is 47.4 Å². The van der Waals surface area contributed by atoms with Crippen LogP contribution in [0.25, 0.3) is 0 Å². The summed E-state index contributed by atoms with van der Waals surface area (Å²) in [6.45, 7) is 2.53. The predicted octanol–water partition coefficient (Wildman–Crippen LogP) is 1.79. The third kappa shape index (κ3) is 5.54. The minimum atomic E-state index is -3.86. The van der Waals surface area contributed by atoms with Crippen molar-refractivity contribution in [3.63, 3.8) is 0 Å². The molecule has 2 aromatic rings. The number of sulfonamides is 1. The number of nitrogens with zero attached hydrogens (tertiary/aromatic N) is 3. The summed E-state index contributed by atoms with van der Waals surface area (Å²) in [6, 6.07) is 11.4. The molecule has 0 radical (unpaired) electrons. The van der Waals surface area contributed by atoms with E-state index in [1.165, 1.54) is 16.4 Å². The van der Waals surface area contributed by atoms with Crippen molar-refractivity contribution >= 4 is 27.3 Å². The van der Waals surface area contributed by atoms with Crippen LogP contribution in [0.2, 0.25) is 0 Å². The van der Waals surface area contributed by atoms with E-state index in [1.54, 1.807) is 0 Å². The average molecular weight is 547 g/mol. The Morgan fingerprint density at radius 3 is 2.47 bits per heavy atom. The third-order valence-corrected chi connectivity index (χ3v) is 8.92. The van der Waals surface area contributed by atoms with E-state index in [9.17, 15) is 23.3 Å². The molecule has 0 unspecified atom stereocenters. The standard InChI is InChI=1S/C25H30N4O8S/c30-25(26-16-19-17-36-23-3-1-2-4-24(23)37-19)18-7-9-27(10-8-18)21-6-5-20(15-22(21)29(31)32)38(33,34)28-11-13-35-14-12-28/h1-6,15,18-19H,7-14,16-17H2,(H,26,30)/t19-/m1/s1. The first kappa shape index (κ1) is 26.2. The Kier molecular flexibility index (Phi) is 7.68. The van der Waals surface area contributed by atoms with Gasteiger partial charge in [0, 0.05) is 38.2 Å². The van der Waals surface area contributed by atoms with Crippen molar-refractivity contribution in [3.05, 3.63) is 52.6 Å². The molecule has 0 bridgehead atoms. The molecule has 3 aliphatic heterocycles. The quantitative estimate of drug-likeness (QED) is 0.406. The van der Waals surface area contributed by atoms with E-state index in [2.05, 4.69) is 5.32 Å². The molecule has 3 heterocycles. The summed E-state index contributed by atoms with van der Waals surface area (Å²) in [5, 5.41) is 14.8. The summed E-state index contributed by atoms with van der Waals surface area (Å²) in [7, 11) is -3.86. The molecule has 0 saturated carbocycles. The van der Waals surface area contributed by atoms with Gasteiger partial charge in [0.15, 0.2) is 11.5 Å². The minimum Gasteiger partial charge on any atom is -0.486 e. The number of benzene rings is 2. The van der Waals surface area contributed by atoms with Gasteiger partial charge in [0.05, 0.1) is 29.6 Å². The molecule has 0 aliphatic carbocycles. The second-order valence-electron chi connectivity index (χ2n) is 9.43. The molecule has 3 aliphatic rings. The second-order valence-corrected chi connectivity index (χ2v) is 11.4. The summed E-state index contributed by atoms with van der Waals surface area (Å²) >= 11 is 0. The summed E-state index contributed by atoms with van der Waals surface area (Å²) in [5.41, 5.74) is 0.0816. The van der Waals surface area contributed by atoms with Crippen LogP contribution in [-0.2, 0) is 19.6 Å². The zero-order valence-electron chi connectivity index (χ0n) is 20.8. The molecular weight excluding hydrogens is 516 g/mol. The summed E-state index contributed by atoms with van der Waals surface area (Å²) in [6.07, 6.45) is 0.743. The van der Waals surface area contributed by atoms with Crippen LogP contribution >= 0.6 is 0 Å². The number of rotatable bonds is 7. The number of carbonyl (C=O) groups is 1. The van der Waals surface area contributed by atoms with Crippen LogP contribution in [-0.4, -0.2) is 82.2 Å². The zero-order valence-corrected chi connectivity index (χ0v) is 21.6. The number of nitro groups is 1. The lowest BCUT2D eigenvalue weighted by Gasteiger charge is -2.33. The van der Waals surface area contributed by atoms with E-state index in [0.717, 1.165) is 6.07 Å². The van der Waals surface area contributed by atoms with Crippen molar-refractivity contribution in [1.82, 2.24) is 9.62 Å². The molecule has 5 rings (SSSR count). The van der Waals surface area contributed by atoms with Crippen molar-refractivity contribution in [2.24, 2.45) is 5.92 Å². The molecule has 0 spiro atoms. The number of carbonyl (C=O) groups excluding carboxylic acids is 1. The fraction of sp³-hybridized carbons (Fsp3) is 0.480. The lowest BCUT2D eigenvalue weighted by atomic mass is 9.95. The molecule has 12 nitrogen and oxygen atoms in total. The highest BCUT2D eigenvalue weighted by Gasteiger charge is 2.32. The number of nitro benzene ring substituents is 1. The molecule has 2 saturated heterocycles. The summed E-state index contributed by atoms with van der Waals surface area (Å²) < 4.78 is 44.0. The number of amides is 1. The molecule has 204 valence electrons. The van der Waals surface area contributed by atoms with Gasteiger partial charge in [-0.1, -0.05) is 12.1 Å². The first-order valence-corrected chi connectivity index (χ1v) is 14.0. The van der Waals surface area contributed by atoms with Gasteiger partial charge in [-0.2, -0.15) is 4.31 Å². The van der Waals surface area contributed by atoms with Crippen LogP contribution in [0.3, 0.4) is 0 Å². The van der Waals surface area contributed by atoms with Crippen LogP contribution in [0.5, 0.6) is 11.5 Å². The summed E-state index contributed by atoms with van der Waals surface area (Å²) in [4.78, 5) is 25.8. The van der Waals surface area contributed by atoms with Gasteiger partial charge in [-0.15, -0.1) is 0 Å². The Morgan fingerprint density at radius 2 is 1.76 bits per heavy atom. The molecule has 2 fully saturated rings. The summed E-state index contributed by atoms with van der Waals surface area (Å²) in [5.74, 6) is 1.01. The van der Waals surface area contributed by atoms with E-state index in [0.29, 0.717) is 56.3 Å². The van der Waals surface area contributed by atoms with Gasteiger partial charge in [-0.3, -0.25) is 14.9 Å². The molecular formula is C25H30N4O8S. The van der Waals surface area contributed by atoms with Gasteiger partial charge in [0.1, 0.15) is 18.4 Å². The number of morpholine rings is 1. The predicted molar refractivity (Wildman–Crippen MR) is 137 cm³/mol. The van der Waals surface area contributed by atoms with Crippen LogP contribution in [0.1, 0.15) is 12.8 Å². The highest BCUT2D eigenvalue weighted by Crippen LogP contribution is 2.35. The second kappa shape index (κ2) is 11.1. The molecule has 0 aromatic heterocycles. The van der Waals surface area contributed by atoms with E-state index >= 15 is 0 Å². The van der Waals surface area contributed by atoms with Crippen molar-refractivity contribution in [1.29, 1.82) is 0 Å².